The van der Waals surface area contributed by atoms with Crippen LogP contribution >= 0.6 is 0 Å². The molecule has 0 heterocycles. The van der Waals surface area contributed by atoms with Crippen molar-refractivity contribution in [1.29, 1.82) is 0 Å². The second-order valence-electron chi connectivity index (χ2n) is 9.66. The van der Waals surface area contributed by atoms with Crippen molar-refractivity contribution in [3.05, 3.63) is 107 Å². The number of esters is 2. The zero-order chi connectivity index (χ0) is 27.7. The van der Waals surface area contributed by atoms with Crippen LogP contribution in [0, 0.1) is 5.92 Å². The maximum Gasteiger partial charge on any atom is 0.337 e. The van der Waals surface area contributed by atoms with E-state index >= 15 is 0 Å². The van der Waals surface area contributed by atoms with E-state index in [9.17, 15) is 9.59 Å². The topological polar surface area (TPSA) is 61.8 Å². The van der Waals surface area contributed by atoms with Gasteiger partial charge in [0.25, 0.3) is 0 Å². The van der Waals surface area contributed by atoms with E-state index in [0.717, 1.165) is 61.8 Å². The van der Waals surface area contributed by atoms with E-state index in [1.807, 2.05) is 30.3 Å². The van der Waals surface area contributed by atoms with Gasteiger partial charge in [-0.15, -0.1) is 0 Å². The number of carbonyl (C=O) groups excluding carboxylic acids is 2. The van der Waals surface area contributed by atoms with Crippen LogP contribution in [0.1, 0.15) is 65.6 Å². The molecule has 0 N–H and O–H groups in total. The lowest BCUT2D eigenvalue weighted by atomic mass is 9.92. The zero-order valence-electron chi connectivity index (χ0n) is 23.1. The van der Waals surface area contributed by atoms with Gasteiger partial charge in [0.2, 0.25) is 0 Å². The van der Waals surface area contributed by atoms with Crippen LogP contribution < -0.4 is 4.74 Å². The monoisotopic (exact) mass is 528 g/mol. The largest absolute Gasteiger partial charge is 0.493 e. The normalized spacial score (nSPS) is 11.7. The maximum absolute atomic E-state index is 11.8. The molecule has 3 aromatic carbocycles. The summed E-state index contributed by atoms with van der Waals surface area (Å²) in [5, 5.41) is 0. The van der Waals surface area contributed by atoms with Crippen LogP contribution in [0.2, 0.25) is 0 Å². The fraction of sp³-hybridized carbons (Fsp3) is 0.353. The first kappa shape index (κ1) is 29.7. The average molecular weight is 529 g/mol. The van der Waals surface area contributed by atoms with Gasteiger partial charge >= 0.3 is 11.9 Å². The number of unbranched alkanes of at least 4 members (excludes halogenated alkanes) is 2. The molecule has 3 aromatic rings. The highest BCUT2D eigenvalue weighted by molar-refractivity contribution is 5.89. The molecule has 0 amide bonds. The minimum absolute atomic E-state index is 0.192. The van der Waals surface area contributed by atoms with Crippen molar-refractivity contribution in [2.45, 2.75) is 51.4 Å². The molecule has 3 rings (SSSR count). The van der Waals surface area contributed by atoms with Crippen molar-refractivity contribution in [2.75, 3.05) is 20.8 Å². The van der Waals surface area contributed by atoms with Gasteiger partial charge in [0.1, 0.15) is 5.75 Å². The van der Waals surface area contributed by atoms with E-state index in [0.29, 0.717) is 18.6 Å². The van der Waals surface area contributed by atoms with Gasteiger partial charge < -0.3 is 14.2 Å². The van der Waals surface area contributed by atoms with E-state index in [1.54, 1.807) is 12.1 Å². The molecule has 1 atom stereocenters. The summed E-state index contributed by atoms with van der Waals surface area (Å²) in [5.74, 6) is 0.559. The van der Waals surface area contributed by atoms with Crippen LogP contribution in [0.5, 0.6) is 5.75 Å². The number of ether oxygens (including phenoxy) is 3. The third-order valence-electron chi connectivity index (χ3n) is 6.73. The van der Waals surface area contributed by atoms with Gasteiger partial charge in [-0.3, -0.25) is 4.79 Å². The van der Waals surface area contributed by atoms with Gasteiger partial charge in [-0.2, -0.15) is 0 Å². The van der Waals surface area contributed by atoms with Crippen molar-refractivity contribution < 1.29 is 23.8 Å². The molecule has 1 unspecified atom stereocenters. The summed E-state index contributed by atoms with van der Waals surface area (Å²) in [6.45, 7) is 0.689. The maximum atomic E-state index is 11.8. The van der Waals surface area contributed by atoms with Crippen LogP contribution in [0.3, 0.4) is 0 Å². The molecule has 0 aromatic heterocycles. The summed E-state index contributed by atoms with van der Waals surface area (Å²) < 4.78 is 15.8. The lowest BCUT2D eigenvalue weighted by molar-refractivity contribution is -0.140. The Kier molecular flexibility index (Phi) is 12.8. The van der Waals surface area contributed by atoms with Crippen molar-refractivity contribution >= 4 is 18.0 Å². The number of hydrogen-bond donors (Lipinski definition) is 0. The van der Waals surface area contributed by atoms with E-state index in [4.69, 9.17) is 14.2 Å². The number of para-hydroxylation sites is 1. The first-order chi connectivity index (χ1) is 19.1. The molecule has 0 radical (unpaired) electrons. The van der Waals surface area contributed by atoms with Gasteiger partial charge in [0, 0.05) is 12.0 Å². The summed E-state index contributed by atoms with van der Waals surface area (Å²) in [5.41, 5.74) is 4.08. The fourth-order valence-electron chi connectivity index (χ4n) is 4.50. The molecule has 0 saturated carbocycles. The van der Waals surface area contributed by atoms with Crippen LogP contribution in [0.15, 0.2) is 84.9 Å². The molecule has 0 aliphatic carbocycles. The highest BCUT2D eigenvalue weighted by atomic mass is 16.5. The first-order valence-electron chi connectivity index (χ1n) is 13.8. The van der Waals surface area contributed by atoms with Crippen LogP contribution in [-0.4, -0.2) is 32.8 Å². The van der Waals surface area contributed by atoms with Crippen molar-refractivity contribution in [3.63, 3.8) is 0 Å². The van der Waals surface area contributed by atoms with Gasteiger partial charge in [0.15, 0.2) is 0 Å². The van der Waals surface area contributed by atoms with E-state index in [2.05, 4.69) is 48.6 Å². The summed E-state index contributed by atoms with van der Waals surface area (Å²) in [6, 6.07) is 26.2. The number of methoxy groups -OCH3 is 2. The SMILES string of the molecule is COC(=O)CCCC(/C=C/c1ccccc1OCCCCCc1ccccc1)Cc1ccc(C(=O)OC)cc1. The Morgan fingerprint density at radius 1 is 0.769 bits per heavy atom. The van der Waals surface area contributed by atoms with Gasteiger partial charge in [-0.1, -0.05) is 72.8 Å². The molecule has 0 saturated heterocycles. The minimum atomic E-state index is -0.344. The molecule has 5 nitrogen and oxygen atoms in total. The Morgan fingerprint density at radius 3 is 2.26 bits per heavy atom. The fourth-order valence-corrected chi connectivity index (χ4v) is 4.50. The Morgan fingerprint density at radius 2 is 1.51 bits per heavy atom. The molecule has 206 valence electrons. The van der Waals surface area contributed by atoms with E-state index in [1.165, 1.54) is 19.8 Å². The lowest BCUT2D eigenvalue weighted by Crippen LogP contribution is -2.06. The molecular weight excluding hydrogens is 488 g/mol. The Hall–Kier alpha value is -3.86. The molecule has 0 spiro atoms. The summed E-state index contributed by atoms with van der Waals surface area (Å²) in [7, 11) is 2.80. The third kappa shape index (κ3) is 10.8. The molecule has 39 heavy (non-hydrogen) atoms. The highest BCUT2D eigenvalue weighted by Gasteiger charge is 2.11. The van der Waals surface area contributed by atoms with Crippen molar-refractivity contribution in [3.8, 4) is 5.75 Å². The Labute approximate surface area is 232 Å². The van der Waals surface area contributed by atoms with Crippen LogP contribution in [0.4, 0.5) is 0 Å². The predicted molar refractivity (Wildman–Crippen MR) is 156 cm³/mol. The first-order valence-corrected chi connectivity index (χ1v) is 13.8. The summed E-state index contributed by atoms with van der Waals surface area (Å²) in [4.78, 5) is 23.4. The Balaban J connectivity index is 1.57. The number of benzene rings is 3. The average Bonchev–Trinajstić information content (AvgIpc) is 2.98. The van der Waals surface area contributed by atoms with Crippen LogP contribution in [-0.2, 0) is 27.1 Å². The van der Waals surface area contributed by atoms with E-state index < -0.39 is 0 Å². The van der Waals surface area contributed by atoms with Gasteiger partial charge in [0.05, 0.1) is 26.4 Å². The molecule has 0 fully saturated rings. The molecule has 5 heteroatoms. The second kappa shape index (κ2) is 16.9. The van der Waals surface area contributed by atoms with Gasteiger partial charge in [-0.05, 0) is 80.2 Å². The number of rotatable bonds is 16. The standard InChI is InChI=1S/C34H40O5/c1-37-33(35)18-11-15-28(26-29-20-23-31(24-21-29)34(36)38-2)19-22-30-16-8-9-17-32(30)39-25-10-4-7-14-27-12-5-3-6-13-27/h3,5-6,8-9,12-13,16-17,19-24,28H,4,7,10-11,14-15,18,25-26H2,1-2H3/b22-19+. The molecule has 0 bridgehead atoms. The number of hydrogen-bond acceptors (Lipinski definition) is 5. The smallest absolute Gasteiger partial charge is 0.337 e. The van der Waals surface area contributed by atoms with Gasteiger partial charge in [-0.25, -0.2) is 4.79 Å². The predicted octanol–water partition coefficient (Wildman–Crippen LogP) is 7.48. The van der Waals surface area contributed by atoms with Crippen LogP contribution in [0.25, 0.3) is 6.08 Å². The molecular formula is C34H40O5. The zero-order valence-corrected chi connectivity index (χ0v) is 23.1. The lowest BCUT2D eigenvalue weighted by Gasteiger charge is -2.14. The molecule has 0 aliphatic rings. The quantitative estimate of drug-likeness (QED) is 0.142. The Bertz CT molecular complexity index is 1170. The summed E-state index contributed by atoms with van der Waals surface area (Å²) >= 11 is 0. The van der Waals surface area contributed by atoms with Crippen molar-refractivity contribution in [1.82, 2.24) is 0 Å². The van der Waals surface area contributed by atoms with Crippen molar-refractivity contribution in [2.24, 2.45) is 5.92 Å². The second-order valence-corrected chi connectivity index (χ2v) is 9.66. The number of allylic oxidation sites excluding steroid dienone is 1. The number of aryl methyl sites for hydroxylation is 1. The van der Waals surface area contributed by atoms with E-state index in [-0.39, 0.29) is 17.9 Å². The summed E-state index contributed by atoms with van der Waals surface area (Å²) in [6.07, 6.45) is 11.5. The number of carbonyl (C=O) groups is 2. The molecule has 0 aliphatic heterocycles. The third-order valence-corrected chi connectivity index (χ3v) is 6.73. The minimum Gasteiger partial charge on any atom is -0.493 e. The highest BCUT2D eigenvalue weighted by Crippen LogP contribution is 2.24.